The highest BCUT2D eigenvalue weighted by Crippen LogP contribution is 2.19. The quantitative estimate of drug-likeness (QED) is 0.841. The van der Waals surface area contributed by atoms with Gasteiger partial charge in [0.1, 0.15) is 6.04 Å². The van der Waals surface area contributed by atoms with E-state index in [1.807, 2.05) is 35.2 Å². The first-order valence-corrected chi connectivity index (χ1v) is 8.96. The Morgan fingerprint density at radius 2 is 1.75 bits per heavy atom. The van der Waals surface area contributed by atoms with Crippen LogP contribution < -0.4 is 10.6 Å². The third-order valence-electron chi connectivity index (χ3n) is 4.33. The maximum absolute atomic E-state index is 12.9. The largest absolute Gasteiger partial charge is 0.341 e. The van der Waals surface area contributed by atoms with E-state index in [1.165, 1.54) is 6.42 Å². The fourth-order valence-electron chi connectivity index (χ4n) is 2.89. The maximum Gasteiger partial charge on any atom is 0.315 e. The van der Waals surface area contributed by atoms with Crippen LogP contribution in [0.25, 0.3) is 0 Å². The highest BCUT2D eigenvalue weighted by Gasteiger charge is 2.28. The van der Waals surface area contributed by atoms with Crippen molar-refractivity contribution in [1.29, 1.82) is 0 Å². The van der Waals surface area contributed by atoms with Gasteiger partial charge in [-0.15, -0.1) is 0 Å². The molecule has 1 fully saturated rings. The Morgan fingerprint density at radius 1 is 1.08 bits per heavy atom. The van der Waals surface area contributed by atoms with Crippen LogP contribution in [0.1, 0.15) is 51.1 Å². The van der Waals surface area contributed by atoms with Crippen molar-refractivity contribution in [3.05, 3.63) is 35.9 Å². The summed E-state index contributed by atoms with van der Waals surface area (Å²) in [7, 11) is 0. The molecule has 1 aliphatic heterocycles. The summed E-state index contributed by atoms with van der Waals surface area (Å²) in [5.74, 6) is 0.519. The molecule has 1 aromatic carbocycles. The van der Waals surface area contributed by atoms with Crippen LogP contribution in [0.5, 0.6) is 0 Å². The van der Waals surface area contributed by atoms with Gasteiger partial charge in [0.25, 0.3) is 0 Å². The zero-order chi connectivity index (χ0) is 17.4. The second-order valence-electron chi connectivity index (χ2n) is 6.81. The number of hydrogen-bond acceptors (Lipinski definition) is 2. The zero-order valence-corrected chi connectivity index (χ0v) is 14.8. The van der Waals surface area contributed by atoms with Crippen molar-refractivity contribution in [3.63, 3.8) is 0 Å². The molecule has 5 heteroatoms. The summed E-state index contributed by atoms with van der Waals surface area (Å²) in [5, 5.41) is 5.71. The third kappa shape index (κ3) is 5.55. The van der Waals surface area contributed by atoms with Crippen LogP contribution in [0, 0.1) is 5.92 Å². The summed E-state index contributed by atoms with van der Waals surface area (Å²) in [6.45, 7) is 6.40. The molecule has 1 saturated heterocycles. The van der Waals surface area contributed by atoms with Gasteiger partial charge in [-0.05, 0) is 37.2 Å². The van der Waals surface area contributed by atoms with E-state index in [0.717, 1.165) is 37.9 Å². The van der Waals surface area contributed by atoms with Crippen LogP contribution in [-0.2, 0) is 4.79 Å². The van der Waals surface area contributed by atoms with Gasteiger partial charge in [-0.2, -0.15) is 0 Å². The first-order valence-electron chi connectivity index (χ1n) is 8.96. The van der Waals surface area contributed by atoms with Gasteiger partial charge in [0.15, 0.2) is 0 Å². The highest BCUT2D eigenvalue weighted by molar-refractivity contribution is 5.88. The molecule has 0 radical (unpaired) electrons. The van der Waals surface area contributed by atoms with E-state index in [9.17, 15) is 9.59 Å². The van der Waals surface area contributed by atoms with Crippen LogP contribution in [-0.4, -0.2) is 36.5 Å². The lowest BCUT2D eigenvalue weighted by molar-refractivity contribution is -0.134. The lowest BCUT2D eigenvalue weighted by Gasteiger charge is -2.31. The summed E-state index contributed by atoms with van der Waals surface area (Å²) in [6.07, 6.45) is 4.16. The van der Waals surface area contributed by atoms with Crippen LogP contribution >= 0.6 is 0 Å². The van der Waals surface area contributed by atoms with Crippen molar-refractivity contribution >= 4 is 11.9 Å². The van der Waals surface area contributed by atoms with Gasteiger partial charge in [-0.1, -0.05) is 44.2 Å². The van der Waals surface area contributed by atoms with Gasteiger partial charge >= 0.3 is 6.03 Å². The second-order valence-corrected chi connectivity index (χ2v) is 6.81. The Labute approximate surface area is 144 Å². The maximum atomic E-state index is 12.9. The summed E-state index contributed by atoms with van der Waals surface area (Å²) >= 11 is 0. The predicted molar refractivity (Wildman–Crippen MR) is 95.6 cm³/mol. The molecule has 0 spiro atoms. The average Bonchev–Trinajstić information content (AvgIpc) is 2.60. The molecule has 132 valence electrons. The molecule has 1 aromatic rings. The van der Waals surface area contributed by atoms with Crippen molar-refractivity contribution < 1.29 is 9.59 Å². The fourth-order valence-corrected chi connectivity index (χ4v) is 2.89. The van der Waals surface area contributed by atoms with Gasteiger partial charge in [0, 0.05) is 19.6 Å². The van der Waals surface area contributed by atoms with E-state index < -0.39 is 6.04 Å². The molecule has 1 aliphatic rings. The van der Waals surface area contributed by atoms with Crippen molar-refractivity contribution in [3.8, 4) is 0 Å². The minimum absolute atomic E-state index is 0.0140. The molecular weight excluding hydrogens is 302 g/mol. The smallest absolute Gasteiger partial charge is 0.315 e. The number of nitrogens with one attached hydrogen (secondary N) is 2. The van der Waals surface area contributed by atoms with E-state index in [2.05, 4.69) is 24.5 Å². The van der Waals surface area contributed by atoms with Gasteiger partial charge in [0.2, 0.25) is 5.91 Å². The fraction of sp³-hybridized carbons (Fsp3) is 0.579. The highest BCUT2D eigenvalue weighted by atomic mass is 16.2. The Kier molecular flexibility index (Phi) is 7.09. The van der Waals surface area contributed by atoms with Crippen LogP contribution in [0.3, 0.4) is 0 Å². The molecule has 2 N–H and O–H groups in total. The average molecular weight is 331 g/mol. The van der Waals surface area contributed by atoms with E-state index in [-0.39, 0.29) is 11.9 Å². The summed E-state index contributed by atoms with van der Waals surface area (Å²) in [4.78, 5) is 27.0. The molecule has 3 amide bonds. The minimum atomic E-state index is -0.622. The topological polar surface area (TPSA) is 61.4 Å². The molecule has 0 unspecified atom stereocenters. The monoisotopic (exact) mass is 331 g/mol. The van der Waals surface area contributed by atoms with Crippen molar-refractivity contribution in [1.82, 2.24) is 15.5 Å². The number of urea groups is 1. The predicted octanol–water partition coefficient (Wildman–Crippen LogP) is 3.09. The van der Waals surface area contributed by atoms with E-state index in [1.54, 1.807) is 0 Å². The van der Waals surface area contributed by atoms with Crippen molar-refractivity contribution in [2.24, 2.45) is 5.92 Å². The number of carbonyl (C=O) groups is 2. The first kappa shape index (κ1) is 18.3. The molecule has 24 heavy (non-hydrogen) atoms. The molecule has 0 aromatic heterocycles. The summed E-state index contributed by atoms with van der Waals surface area (Å²) in [6, 6.07) is 8.57. The summed E-state index contributed by atoms with van der Waals surface area (Å²) in [5.41, 5.74) is 0.826. The number of likely N-dealkylation sites (tertiary alicyclic amines) is 1. The lowest BCUT2D eigenvalue weighted by Crippen LogP contribution is -2.47. The van der Waals surface area contributed by atoms with Crippen LogP contribution in [0.2, 0.25) is 0 Å². The van der Waals surface area contributed by atoms with Gasteiger partial charge < -0.3 is 15.5 Å². The number of piperidine rings is 1. The SMILES string of the molecule is CC(C)CCNC(=O)N[C@H](C(=O)N1CCCCC1)c1ccccc1. The number of benzene rings is 1. The molecule has 5 nitrogen and oxygen atoms in total. The zero-order valence-electron chi connectivity index (χ0n) is 14.8. The molecule has 0 saturated carbocycles. The molecular formula is C19H29N3O2. The normalized spacial score (nSPS) is 15.9. The van der Waals surface area contributed by atoms with Gasteiger partial charge in [-0.3, -0.25) is 4.79 Å². The number of carbonyl (C=O) groups excluding carboxylic acids is 2. The Hall–Kier alpha value is -2.04. The third-order valence-corrected chi connectivity index (χ3v) is 4.33. The Bertz CT molecular complexity index is 525. The van der Waals surface area contributed by atoms with E-state index >= 15 is 0 Å². The van der Waals surface area contributed by atoms with Crippen molar-refractivity contribution in [2.75, 3.05) is 19.6 Å². The number of rotatable bonds is 6. The number of nitrogens with zero attached hydrogens (tertiary/aromatic N) is 1. The lowest BCUT2D eigenvalue weighted by atomic mass is 10.0. The van der Waals surface area contributed by atoms with E-state index in [4.69, 9.17) is 0 Å². The molecule has 1 heterocycles. The van der Waals surface area contributed by atoms with Crippen molar-refractivity contribution in [2.45, 2.75) is 45.6 Å². The number of amides is 3. The second kappa shape index (κ2) is 9.30. The van der Waals surface area contributed by atoms with Crippen LogP contribution in [0.15, 0.2) is 30.3 Å². The van der Waals surface area contributed by atoms with Gasteiger partial charge in [0.05, 0.1) is 0 Å². The van der Waals surface area contributed by atoms with Crippen LogP contribution in [0.4, 0.5) is 4.79 Å². The Balaban J connectivity index is 2.03. The molecule has 0 aliphatic carbocycles. The van der Waals surface area contributed by atoms with Gasteiger partial charge in [-0.25, -0.2) is 4.79 Å². The van der Waals surface area contributed by atoms with E-state index in [0.29, 0.717) is 12.5 Å². The summed E-state index contributed by atoms with van der Waals surface area (Å²) < 4.78 is 0. The number of hydrogen-bond donors (Lipinski definition) is 2. The first-order chi connectivity index (χ1) is 11.6. The standard InChI is InChI=1S/C19H29N3O2/c1-15(2)11-12-20-19(24)21-17(16-9-5-3-6-10-16)18(23)22-13-7-4-8-14-22/h3,5-6,9-10,15,17H,4,7-8,11-14H2,1-2H3,(H2,20,21,24)/t17-/m0/s1. The Morgan fingerprint density at radius 3 is 2.38 bits per heavy atom. The molecule has 0 bridgehead atoms. The molecule has 1 atom stereocenters. The molecule has 2 rings (SSSR count). The minimum Gasteiger partial charge on any atom is -0.341 e.